The minimum atomic E-state index is -2.88. The maximum Gasteiger partial charge on any atom is 0.387 e. The van der Waals surface area contributed by atoms with Crippen molar-refractivity contribution >= 4 is 29.9 Å². The van der Waals surface area contributed by atoms with Crippen molar-refractivity contribution in [1.29, 1.82) is 0 Å². The van der Waals surface area contributed by atoms with E-state index in [0.717, 1.165) is 30.9 Å². The molecule has 26 heavy (non-hydrogen) atoms. The molecular formula is C18H30F2IN3O2. The minimum absolute atomic E-state index is 0. The fraction of sp³-hybridized carbons (Fsp3) is 0.611. The van der Waals surface area contributed by atoms with Gasteiger partial charge in [0.05, 0.1) is 7.11 Å². The number of alkyl halides is 2. The van der Waals surface area contributed by atoms with Gasteiger partial charge in [0.1, 0.15) is 0 Å². The molecule has 0 fully saturated rings. The van der Waals surface area contributed by atoms with Crippen LogP contribution in [0.3, 0.4) is 0 Å². The zero-order valence-corrected chi connectivity index (χ0v) is 18.2. The standard InChI is InChI=1S/C18H29F2N3O2.HI/c1-5-13(6-2)12-23-18(21-3)22-10-9-14-7-8-15(24-4)16(11-14)25-17(19)20;/h7-8,11,13,17H,5-6,9-10,12H2,1-4H3,(H2,21,22,23);1H. The van der Waals surface area contributed by atoms with E-state index in [2.05, 4.69) is 34.2 Å². The fourth-order valence-electron chi connectivity index (χ4n) is 2.43. The van der Waals surface area contributed by atoms with Crippen LogP contribution in [0.2, 0.25) is 0 Å². The van der Waals surface area contributed by atoms with Crippen molar-refractivity contribution < 1.29 is 18.3 Å². The minimum Gasteiger partial charge on any atom is -0.493 e. The molecule has 0 aromatic heterocycles. The van der Waals surface area contributed by atoms with Gasteiger partial charge in [-0.25, -0.2) is 0 Å². The molecular weight excluding hydrogens is 455 g/mol. The van der Waals surface area contributed by atoms with Crippen LogP contribution in [0.4, 0.5) is 8.78 Å². The highest BCUT2D eigenvalue weighted by atomic mass is 127. The molecule has 0 aliphatic rings. The van der Waals surface area contributed by atoms with Gasteiger partial charge in [-0.05, 0) is 30.0 Å². The summed E-state index contributed by atoms with van der Waals surface area (Å²) in [6.45, 7) is 2.98. The Balaban J connectivity index is 0.00000625. The van der Waals surface area contributed by atoms with E-state index in [1.165, 1.54) is 7.11 Å². The van der Waals surface area contributed by atoms with Crippen LogP contribution in [0.5, 0.6) is 11.5 Å². The SMILES string of the molecule is CCC(CC)CNC(=NC)NCCc1ccc(OC)c(OC(F)F)c1.I. The van der Waals surface area contributed by atoms with Gasteiger partial charge < -0.3 is 20.1 Å². The van der Waals surface area contributed by atoms with Gasteiger partial charge in [0, 0.05) is 20.1 Å². The van der Waals surface area contributed by atoms with E-state index in [0.29, 0.717) is 24.6 Å². The van der Waals surface area contributed by atoms with Gasteiger partial charge in [-0.2, -0.15) is 8.78 Å². The average Bonchev–Trinajstić information content (AvgIpc) is 2.60. The van der Waals surface area contributed by atoms with Gasteiger partial charge in [-0.15, -0.1) is 24.0 Å². The largest absolute Gasteiger partial charge is 0.493 e. The molecule has 0 amide bonds. The lowest BCUT2D eigenvalue weighted by Crippen LogP contribution is -2.40. The number of methoxy groups -OCH3 is 1. The Kier molecular flexibility index (Phi) is 13.1. The lowest BCUT2D eigenvalue weighted by molar-refractivity contribution is -0.0512. The van der Waals surface area contributed by atoms with Crippen molar-refractivity contribution in [2.75, 3.05) is 27.2 Å². The van der Waals surface area contributed by atoms with Crippen molar-refractivity contribution in [2.24, 2.45) is 10.9 Å². The first kappa shape index (κ1) is 24.7. The van der Waals surface area contributed by atoms with Crippen molar-refractivity contribution in [1.82, 2.24) is 10.6 Å². The number of aliphatic imine (C=N–C) groups is 1. The lowest BCUT2D eigenvalue weighted by Gasteiger charge is -2.17. The predicted molar refractivity (Wildman–Crippen MR) is 112 cm³/mol. The topological polar surface area (TPSA) is 54.9 Å². The molecule has 0 heterocycles. The molecule has 0 aliphatic heterocycles. The molecule has 1 aromatic rings. The third-order valence-electron chi connectivity index (χ3n) is 4.09. The van der Waals surface area contributed by atoms with Crippen molar-refractivity contribution in [3.8, 4) is 11.5 Å². The Morgan fingerprint density at radius 2 is 1.85 bits per heavy atom. The number of halogens is 3. The lowest BCUT2D eigenvalue weighted by atomic mass is 10.0. The summed E-state index contributed by atoms with van der Waals surface area (Å²) in [6, 6.07) is 5.04. The van der Waals surface area contributed by atoms with Gasteiger partial charge in [0.25, 0.3) is 0 Å². The van der Waals surface area contributed by atoms with Crippen molar-refractivity contribution in [3.63, 3.8) is 0 Å². The fourth-order valence-corrected chi connectivity index (χ4v) is 2.43. The molecule has 0 saturated heterocycles. The zero-order valence-electron chi connectivity index (χ0n) is 15.9. The number of benzene rings is 1. The normalized spacial score (nSPS) is 11.3. The van der Waals surface area contributed by atoms with Gasteiger partial charge in [0.15, 0.2) is 17.5 Å². The second kappa shape index (κ2) is 13.8. The van der Waals surface area contributed by atoms with E-state index >= 15 is 0 Å². The molecule has 0 aliphatic carbocycles. The Hall–Kier alpha value is -1.32. The molecule has 2 N–H and O–H groups in total. The van der Waals surface area contributed by atoms with Crippen LogP contribution >= 0.6 is 24.0 Å². The van der Waals surface area contributed by atoms with Gasteiger partial charge in [-0.3, -0.25) is 4.99 Å². The molecule has 0 bridgehead atoms. The molecule has 0 spiro atoms. The number of nitrogens with zero attached hydrogens (tertiary/aromatic N) is 1. The maximum atomic E-state index is 12.5. The summed E-state index contributed by atoms with van der Waals surface area (Å²) in [5.74, 6) is 1.70. The van der Waals surface area contributed by atoms with Crippen LogP contribution in [-0.4, -0.2) is 39.8 Å². The first-order valence-corrected chi connectivity index (χ1v) is 8.60. The van der Waals surface area contributed by atoms with Crippen LogP contribution in [0.1, 0.15) is 32.3 Å². The number of hydrogen-bond donors (Lipinski definition) is 2. The Morgan fingerprint density at radius 3 is 2.38 bits per heavy atom. The highest BCUT2D eigenvalue weighted by Gasteiger charge is 2.11. The molecule has 1 rings (SSSR count). The maximum absolute atomic E-state index is 12.5. The zero-order chi connectivity index (χ0) is 18.7. The summed E-state index contributed by atoms with van der Waals surface area (Å²) in [7, 11) is 3.15. The summed E-state index contributed by atoms with van der Waals surface area (Å²) >= 11 is 0. The highest BCUT2D eigenvalue weighted by molar-refractivity contribution is 14.0. The number of rotatable bonds is 10. The third-order valence-corrected chi connectivity index (χ3v) is 4.09. The molecule has 0 atom stereocenters. The Labute approximate surface area is 172 Å². The first-order chi connectivity index (χ1) is 12.0. The molecule has 0 unspecified atom stereocenters. The molecule has 5 nitrogen and oxygen atoms in total. The smallest absolute Gasteiger partial charge is 0.387 e. The van der Waals surface area contributed by atoms with Crippen molar-refractivity contribution in [3.05, 3.63) is 23.8 Å². The molecule has 0 radical (unpaired) electrons. The van der Waals surface area contributed by atoms with E-state index in [4.69, 9.17) is 4.74 Å². The highest BCUT2D eigenvalue weighted by Crippen LogP contribution is 2.29. The van der Waals surface area contributed by atoms with E-state index in [-0.39, 0.29) is 29.7 Å². The van der Waals surface area contributed by atoms with Crippen LogP contribution in [0.25, 0.3) is 0 Å². The van der Waals surface area contributed by atoms with Gasteiger partial charge >= 0.3 is 6.61 Å². The molecule has 0 saturated carbocycles. The quantitative estimate of drug-likeness (QED) is 0.298. The first-order valence-electron chi connectivity index (χ1n) is 8.60. The third kappa shape index (κ3) is 8.86. The van der Waals surface area contributed by atoms with Gasteiger partial charge in [0.2, 0.25) is 0 Å². The summed E-state index contributed by atoms with van der Waals surface area (Å²) in [4.78, 5) is 4.19. The molecule has 150 valence electrons. The van der Waals surface area contributed by atoms with Crippen LogP contribution in [0.15, 0.2) is 23.2 Å². The van der Waals surface area contributed by atoms with E-state index in [1.54, 1.807) is 19.2 Å². The number of nitrogens with one attached hydrogen (secondary N) is 2. The van der Waals surface area contributed by atoms with Crippen LogP contribution in [-0.2, 0) is 6.42 Å². The number of hydrogen-bond acceptors (Lipinski definition) is 3. The summed E-state index contributed by atoms with van der Waals surface area (Å²) in [5, 5.41) is 6.54. The number of ether oxygens (including phenoxy) is 2. The summed E-state index contributed by atoms with van der Waals surface area (Å²) in [6.07, 6.45) is 2.90. The van der Waals surface area contributed by atoms with Gasteiger partial charge in [-0.1, -0.05) is 32.8 Å². The predicted octanol–water partition coefficient (Wildman–Crippen LogP) is 4.06. The summed E-state index contributed by atoms with van der Waals surface area (Å²) in [5.41, 5.74) is 0.874. The second-order valence-electron chi connectivity index (χ2n) is 5.68. The van der Waals surface area contributed by atoms with E-state index in [1.807, 2.05) is 6.07 Å². The molecule has 1 aromatic carbocycles. The van der Waals surface area contributed by atoms with E-state index < -0.39 is 6.61 Å². The summed E-state index contributed by atoms with van der Waals surface area (Å²) < 4.78 is 34.5. The van der Waals surface area contributed by atoms with E-state index in [9.17, 15) is 8.78 Å². The van der Waals surface area contributed by atoms with Crippen LogP contribution < -0.4 is 20.1 Å². The average molecular weight is 485 g/mol. The van der Waals surface area contributed by atoms with Crippen molar-refractivity contribution in [2.45, 2.75) is 39.7 Å². The number of guanidine groups is 1. The molecule has 8 heteroatoms. The Morgan fingerprint density at radius 1 is 1.15 bits per heavy atom. The second-order valence-corrected chi connectivity index (χ2v) is 5.68. The van der Waals surface area contributed by atoms with Crippen LogP contribution in [0, 0.1) is 5.92 Å². The monoisotopic (exact) mass is 485 g/mol. The Bertz CT molecular complexity index is 541.